The normalized spacial score (nSPS) is 13.9. The standard InChI is InChI=1S/C27H28N2O4/c30-26(21-9-3-1-4-10-21)28-22-15-17-29(18-16-22)27(31)24-13-7-8-14-25(24)33-20-19-32-23-11-5-2-6-12-23/h1-14,22H,15-20H2,(H,28,30). The fraction of sp³-hybridized carbons (Fsp3) is 0.259. The maximum Gasteiger partial charge on any atom is 0.257 e. The second kappa shape index (κ2) is 11.2. The lowest BCUT2D eigenvalue weighted by Crippen LogP contribution is -2.46. The van der Waals surface area contributed by atoms with Crippen molar-refractivity contribution in [2.45, 2.75) is 18.9 Å². The average molecular weight is 445 g/mol. The number of para-hydroxylation sites is 2. The minimum atomic E-state index is -0.0724. The maximum atomic E-state index is 13.2. The number of hydrogen-bond acceptors (Lipinski definition) is 4. The van der Waals surface area contributed by atoms with Gasteiger partial charge < -0.3 is 19.7 Å². The highest BCUT2D eigenvalue weighted by Gasteiger charge is 2.26. The van der Waals surface area contributed by atoms with Crippen molar-refractivity contribution in [1.82, 2.24) is 10.2 Å². The van der Waals surface area contributed by atoms with Crippen LogP contribution >= 0.6 is 0 Å². The van der Waals surface area contributed by atoms with Crippen LogP contribution in [-0.2, 0) is 0 Å². The van der Waals surface area contributed by atoms with E-state index in [1.54, 1.807) is 18.2 Å². The molecule has 0 aromatic heterocycles. The van der Waals surface area contributed by atoms with Crippen LogP contribution in [0.1, 0.15) is 33.6 Å². The van der Waals surface area contributed by atoms with Crippen molar-refractivity contribution in [3.63, 3.8) is 0 Å². The van der Waals surface area contributed by atoms with Crippen molar-refractivity contribution in [2.75, 3.05) is 26.3 Å². The van der Waals surface area contributed by atoms with Crippen molar-refractivity contribution < 1.29 is 19.1 Å². The highest BCUT2D eigenvalue weighted by Crippen LogP contribution is 2.22. The summed E-state index contributed by atoms with van der Waals surface area (Å²) < 4.78 is 11.5. The van der Waals surface area contributed by atoms with Gasteiger partial charge in [0.25, 0.3) is 11.8 Å². The molecule has 170 valence electrons. The quantitative estimate of drug-likeness (QED) is 0.530. The molecule has 3 aromatic carbocycles. The lowest BCUT2D eigenvalue weighted by molar-refractivity contribution is 0.0693. The highest BCUT2D eigenvalue weighted by molar-refractivity contribution is 5.97. The number of amides is 2. The molecule has 0 bridgehead atoms. The van der Waals surface area contributed by atoms with Crippen LogP contribution in [0.25, 0.3) is 0 Å². The van der Waals surface area contributed by atoms with E-state index in [1.807, 2.05) is 71.6 Å². The lowest BCUT2D eigenvalue weighted by atomic mass is 10.0. The Balaban J connectivity index is 1.27. The number of piperidine rings is 1. The molecule has 1 N–H and O–H groups in total. The third-order valence-corrected chi connectivity index (χ3v) is 5.62. The number of nitrogens with zero attached hydrogens (tertiary/aromatic N) is 1. The number of carbonyl (C=O) groups excluding carboxylic acids is 2. The molecule has 33 heavy (non-hydrogen) atoms. The molecule has 1 saturated heterocycles. The van der Waals surface area contributed by atoms with Gasteiger partial charge in [0.15, 0.2) is 0 Å². The minimum Gasteiger partial charge on any atom is -0.490 e. The molecule has 3 aromatic rings. The van der Waals surface area contributed by atoms with E-state index >= 15 is 0 Å². The number of benzene rings is 3. The fourth-order valence-electron chi connectivity index (χ4n) is 3.85. The van der Waals surface area contributed by atoms with Crippen molar-refractivity contribution in [3.05, 3.63) is 96.1 Å². The first-order valence-corrected chi connectivity index (χ1v) is 11.3. The van der Waals surface area contributed by atoms with Gasteiger partial charge in [-0.1, -0.05) is 48.5 Å². The molecule has 0 saturated carbocycles. The second-order valence-electron chi connectivity index (χ2n) is 7.91. The Labute approximate surface area is 194 Å². The number of nitrogens with one attached hydrogen (secondary N) is 1. The van der Waals surface area contributed by atoms with Crippen molar-refractivity contribution in [3.8, 4) is 11.5 Å². The van der Waals surface area contributed by atoms with E-state index in [2.05, 4.69) is 5.32 Å². The van der Waals surface area contributed by atoms with Crippen molar-refractivity contribution >= 4 is 11.8 Å². The SMILES string of the molecule is O=C(NC1CCN(C(=O)c2ccccc2OCCOc2ccccc2)CC1)c1ccccc1. The predicted octanol–water partition coefficient (Wildman–Crippen LogP) is 4.18. The van der Waals surface area contributed by atoms with Gasteiger partial charge in [-0.25, -0.2) is 0 Å². The molecule has 6 heteroatoms. The smallest absolute Gasteiger partial charge is 0.257 e. The molecule has 1 aliphatic heterocycles. The van der Waals surface area contributed by atoms with Crippen LogP contribution in [0, 0.1) is 0 Å². The summed E-state index contributed by atoms with van der Waals surface area (Å²) in [6.07, 6.45) is 1.44. The van der Waals surface area contributed by atoms with Crippen molar-refractivity contribution in [2.24, 2.45) is 0 Å². The Morgan fingerprint density at radius 2 is 1.39 bits per heavy atom. The Morgan fingerprint density at radius 3 is 2.12 bits per heavy atom. The van der Waals surface area contributed by atoms with Gasteiger partial charge in [-0.2, -0.15) is 0 Å². The van der Waals surface area contributed by atoms with E-state index in [4.69, 9.17) is 9.47 Å². The molecule has 2 amide bonds. The van der Waals surface area contributed by atoms with E-state index in [9.17, 15) is 9.59 Å². The van der Waals surface area contributed by atoms with Crippen LogP contribution < -0.4 is 14.8 Å². The van der Waals surface area contributed by atoms with E-state index < -0.39 is 0 Å². The molecule has 4 rings (SSSR count). The predicted molar refractivity (Wildman–Crippen MR) is 127 cm³/mol. The molecule has 1 heterocycles. The van der Waals surface area contributed by atoms with Crippen LogP contribution in [0.5, 0.6) is 11.5 Å². The van der Waals surface area contributed by atoms with E-state index in [0.29, 0.717) is 43.2 Å². The molecule has 0 radical (unpaired) electrons. The van der Waals surface area contributed by atoms with Gasteiger partial charge in [0.1, 0.15) is 24.7 Å². The zero-order chi connectivity index (χ0) is 22.9. The molecule has 0 atom stereocenters. The van der Waals surface area contributed by atoms with Gasteiger partial charge >= 0.3 is 0 Å². The summed E-state index contributed by atoms with van der Waals surface area (Å²) in [6, 6.07) is 26.1. The zero-order valence-corrected chi connectivity index (χ0v) is 18.5. The first-order chi connectivity index (χ1) is 16.2. The van der Waals surface area contributed by atoms with Crippen LogP contribution in [-0.4, -0.2) is 49.1 Å². The summed E-state index contributed by atoms with van der Waals surface area (Å²) in [6.45, 7) is 1.90. The average Bonchev–Trinajstić information content (AvgIpc) is 2.88. The van der Waals surface area contributed by atoms with Gasteiger partial charge in [0, 0.05) is 24.7 Å². The topological polar surface area (TPSA) is 67.9 Å². The third-order valence-electron chi connectivity index (χ3n) is 5.62. The highest BCUT2D eigenvalue weighted by atomic mass is 16.5. The molecular formula is C27H28N2O4. The van der Waals surface area contributed by atoms with Gasteiger partial charge in [0.2, 0.25) is 0 Å². The Bertz CT molecular complexity index is 1050. The summed E-state index contributed by atoms with van der Waals surface area (Å²) >= 11 is 0. The summed E-state index contributed by atoms with van der Waals surface area (Å²) in [5.41, 5.74) is 1.20. The molecule has 6 nitrogen and oxygen atoms in total. The molecule has 1 fully saturated rings. The minimum absolute atomic E-state index is 0.0533. The molecule has 0 unspecified atom stereocenters. The Hall–Kier alpha value is -3.80. The Kier molecular flexibility index (Phi) is 7.59. The van der Waals surface area contributed by atoms with Gasteiger partial charge in [0.05, 0.1) is 5.56 Å². The van der Waals surface area contributed by atoms with Crippen molar-refractivity contribution in [1.29, 1.82) is 0 Å². The number of carbonyl (C=O) groups is 2. The molecule has 1 aliphatic rings. The number of likely N-dealkylation sites (tertiary alicyclic amines) is 1. The van der Waals surface area contributed by atoms with Crippen LogP contribution in [0.2, 0.25) is 0 Å². The zero-order valence-electron chi connectivity index (χ0n) is 18.5. The third kappa shape index (κ3) is 6.13. The lowest BCUT2D eigenvalue weighted by Gasteiger charge is -2.32. The fourth-order valence-corrected chi connectivity index (χ4v) is 3.85. The number of hydrogen-bond donors (Lipinski definition) is 1. The molecule has 0 aliphatic carbocycles. The summed E-state index contributed by atoms with van der Waals surface area (Å²) in [5.74, 6) is 1.21. The summed E-state index contributed by atoms with van der Waals surface area (Å²) in [5, 5.41) is 3.08. The summed E-state index contributed by atoms with van der Waals surface area (Å²) in [7, 11) is 0. The van der Waals surface area contributed by atoms with Gasteiger partial charge in [-0.15, -0.1) is 0 Å². The molecular weight excluding hydrogens is 416 g/mol. The monoisotopic (exact) mass is 444 g/mol. The summed E-state index contributed by atoms with van der Waals surface area (Å²) in [4.78, 5) is 27.4. The first kappa shape index (κ1) is 22.4. The van der Waals surface area contributed by atoms with Crippen LogP contribution in [0.15, 0.2) is 84.9 Å². The largest absolute Gasteiger partial charge is 0.490 e. The number of ether oxygens (including phenoxy) is 2. The first-order valence-electron chi connectivity index (χ1n) is 11.3. The van der Waals surface area contributed by atoms with E-state index in [1.165, 1.54) is 0 Å². The van der Waals surface area contributed by atoms with Crippen LogP contribution in [0.4, 0.5) is 0 Å². The number of rotatable bonds is 8. The maximum absolute atomic E-state index is 13.2. The van der Waals surface area contributed by atoms with Gasteiger partial charge in [-0.05, 0) is 49.2 Å². The van der Waals surface area contributed by atoms with E-state index in [0.717, 1.165) is 18.6 Å². The second-order valence-corrected chi connectivity index (χ2v) is 7.91. The van der Waals surface area contributed by atoms with E-state index in [-0.39, 0.29) is 17.9 Å². The van der Waals surface area contributed by atoms with Crippen LogP contribution in [0.3, 0.4) is 0 Å². The molecule has 0 spiro atoms. The Morgan fingerprint density at radius 1 is 0.788 bits per heavy atom. The van der Waals surface area contributed by atoms with Gasteiger partial charge in [-0.3, -0.25) is 9.59 Å².